The Morgan fingerprint density at radius 1 is 1.20 bits per heavy atom. The van der Waals surface area contributed by atoms with Gasteiger partial charge in [-0.1, -0.05) is 36.6 Å². The second-order valence-corrected chi connectivity index (χ2v) is 8.80. The van der Waals surface area contributed by atoms with Gasteiger partial charge < -0.3 is 5.11 Å². The van der Waals surface area contributed by atoms with Gasteiger partial charge in [-0.15, -0.1) is 0 Å². The van der Waals surface area contributed by atoms with Crippen LogP contribution in [0.25, 0.3) is 0 Å². The molecule has 0 spiro atoms. The highest BCUT2D eigenvalue weighted by molar-refractivity contribution is 7.89. The number of carbonyl (C=O) groups is 1. The van der Waals surface area contributed by atoms with Crippen molar-refractivity contribution in [2.45, 2.75) is 49.8 Å². The van der Waals surface area contributed by atoms with Crippen molar-refractivity contribution in [3.8, 4) is 0 Å². The Labute approximate surface area is 154 Å². The Balaban J connectivity index is 1.96. The maximum atomic E-state index is 12.5. The summed E-state index contributed by atoms with van der Waals surface area (Å²) in [5, 5.41) is 9.15. The SMILES string of the molecule is O=C(O)CCC=CCC1(CNS(=O)(=O)c2ccc(Cl)cc2)CCCC1. The van der Waals surface area contributed by atoms with Gasteiger partial charge in [-0.25, -0.2) is 13.1 Å². The molecule has 2 N–H and O–H groups in total. The molecule has 0 heterocycles. The molecule has 0 saturated heterocycles. The summed E-state index contributed by atoms with van der Waals surface area (Å²) in [6.45, 7) is 0.390. The molecule has 0 bridgehead atoms. The number of allylic oxidation sites excluding steroid dienone is 2. The summed E-state index contributed by atoms with van der Waals surface area (Å²) < 4.78 is 27.7. The van der Waals surface area contributed by atoms with Crippen LogP contribution in [0.15, 0.2) is 41.3 Å². The van der Waals surface area contributed by atoms with E-state index in [9.17, 15) is 13.2 Å². The molecule has 1 aliphatic carbocycles. The van der Waals surface area contributed by atoms with Crippen LogP contribution in [0.3, 0.4) is 0 Å². The first-order chi connectivity index (χ1) is 11.8. The van der Waals surface area contributed by atoms with Crippen molar-refractivity contribution in [1.82, 2.24) is 4.72 Å². The molecule has 1 aliphatic rings. The molecule has 0 atom stereocenters. The van der Waals surface area contributed by atoms with Gasteiger partial charge in [-0.2, -0.15) is 0 Å². The first kappa shape index (κ1) is 19.9. The van der Waals surface area contributed by atoms with Gasteiger partial charge in [0.2, 0.25) is 10.0 Å². The van der Waals surface area contributed by atoms with E-state index in [1.54, 1.807) is 12.1 Å². The number of hydrogen-bond donors (Lipinski definition) is 2. The molecule has 25 heavy (non-hydrogen) atoms. The van der Waals surface area contributed by atoms with Crippen molar-refractivity contribution in [3.63, 3.8) is 0 Å². The zero-order chi connectivity index (χ0) is 18.3. The van der Waals surface area contributed by atoms with Crippen LogP contribution in [0.4, 0.5) is 0 Å². The van der Waals surface area contributed by atoms with Crippen molar-refractivity contribution in [1.29, 1.82) is 0 Å². The van der Waals surface area contributed by atoms with Crippen LogP contribution in [0.1, 0.15) is 44.9 Å². The van der Waals surface area contributed by atoms with Crippen molar-refractivity contribution in [2.75, 3.05) is 6.54 Å². The number of benzene rings is 1. The summed E-state index contributed by atoms with van der Waals surface area (Å²) in [6.07, 6.45) is 9.37. The van der Waals surface area contributed by atoms with Gasteiger partial charge in [-0.05, 0) is 55.4 Å². The van der Waals surface area contributed by atoms with E-state index < -0.39 is 16.0 Å². The Bertz CT molecular complexity index is 707. The number of carboxylic acids is 1. The molecule has 2 rings (SSSR count). The predicted octanol–water partition coefficient (Wildman–Crippen LogP) is 3.99. The monoisotopic (exact) mass is 385 g/mol. The van der Waals surface area contributed by atoms with Gasteiger partial charge in [0.25, 0.3) is 0 Å². The van der Waals surface area contributed by atoms with Crippen LogP contribution in [0.5, 0.6) is 0 Å². The molecule has 0 radical (unpaired) electrons. The van der Waals surface area contributed by atoms with Gasteiger partial charge in [0.15, 0.2) is 0 Å². The molecule has 5 nitrogen and oxygen atoms in total. The normalized spacial score (nSPS) is 17.2. The topological polar surface area (TPSA) is 83.5 Å². The second-order valence-electron chi connectivity index (χ2n) is 6.59. The number of rotatable bonds is 9. The highest BCUT2D eigenvalue weighted by atomic mass is 35.5. The van der Waals surface area contributed by atoms with Gasteiger partial charge in [0, 0.05) is 18.0 Å². The molecule has 1 aromatic carbocycles. The molecule has 0 aliphatic heterocycles. The molecule has 0 aromatic heterocycles. The average Bonchev–Trinajstić information content (AvgIpc) is 3.02. The van der Waals surface area contributed by atoms with E-state index in [2.05, 4.69) is 4.72 Å². The minimum absolute atomic E-state index is 0.0841. The first-order valence-electron chi connectivity index (χ1n) is 8.45. The first-order valence-corrected chi connectivity index (χ1v) is 10.3. The van der Waals surface area contributed by atoms with E-state index in [0.717, 1.165) is 32.1 Å². The summed E-state index contributed by atoms with van der Waals surface area (Å²) in [7, 11) is -3.56. The third-order valence-corrected chi connectivity index (χ3v) is 6.34. The van der Waals surface area contributed by atoms with Gasteiger partial charge in [0.1, 0.15) is 0 Å². The van der Waals surface area contributed by atoms with E-state index in [-0.39, 0.29) is 16.7 Å². The van der Waals surface area contributed by atoms with Crippen molar-refractivity contribution in [3.05, 3.63) is 41.4 Å². The van der Waals surface area contributed by atoms with E-state index in [1.165, 1.54) is 12.1 Å². The lowest BCUT2D eigenvalue weighted by molar-refractivity contribution is -0.136. The zero-order valence-corrected chi connectivity index (χ0v) is 15.7. The van der Waals surface area contributed by atoms with Gasteiger partial charge in [-0.3, -0.25) is 4.79 Å². The lowest BCUT2D eigenvalue weighted by Gasteiger charge is -2.28. The second kappa shape index (κ2) is 8.83. The third kappa shape index (κ3) is 6.13. The molecule has 1 aromatic rings. The maximum absolute atomic E-state index is 12.5. The number of hydrogen-bond acceptors (Lipinski definition) is 3. The molecule has 0 unspecified atom stereocenters. The molecule has 7 heteroatoms. The molecular weight excluding hydrogens is 362 g/mol. The zero-order valence-electron chi connectivity index (χ0n) is 14.1. The summed E-state index contributed by atoms with van der Waals surface area (Å²) in [5.41, 5.74) is -0.0841. The lowest BCUT2D eigenvalue weighted by atomic mass is 9.83. The maximum Gasteiger partial charge on any atom is 0.303 e. The smallest absolute Gasteiger partial charge is 0.303 e. The summed E-state index contributed by atoms with van der Waals surface area (Å²) in [5.74, 6) is -0.809. The van der Waals surface area contributed by atoms with E-state index in [4.69, 9.17) is 16.7 Å². The largest absolute Gasteiger partial charge is 0.481 e. The lowest BCUT2D eigenvalue weighted by Crippen LogP contribution is -2.35. The van der Waals surface area contributed by atoms with Crippen LogP contribution < -0.4 is 4.72 Å². The highest BCUT2D eigenvalue weighted by Crippen LogP contribution is 2.41. The van der Waals surface area contributed by atoms with Gasteiger partial charge in [0.05, 0.1) is 4.90 Å². The highest BCUT2D eigenvalue weighted by Gasteiger charge is 2.34. The number of carboxylic acid groups (broad SMARTS) is 1. The molecule has 1 saturated carbocycles. The predicted molar refractivity (Wildman–Crippen MR) is 98.2 cm³/mol. The number of halogens is 1. The minimum atomic E-state index is -3.56. The van der Waals surface area contributed by atoms with Crippen LogP contribution in [-0.2, 0) is 14.8 Å². The number of sulfonamides is 1. The number of nitrogens with one attached hydrogen (secondary N) is 1. The van der Waals surface area contributed by atoms with Crippen molar-refractivity contribution < 1.29 is 18.3 Å². The Kier molecular flexibility index (Phi) is 7.04. The summed E-state index contributed by atoms with van der Waals surface area (Å²) in [6, 6.07) is 6.12. The van der Waals surface area contributed by atoms with Crippen LogP contribution >= 0.6 is 11.6 Å². The Morgan fingerprint density at radius 2 is 1.84 bits per heavy atom. The van der Waals surface area contributed by atoms with Crippen LogP contribution in [-0.4, -0.2) is 26.0 Å². The van der Waals surface area contributed by atoms with Crippen LogP contribution in [0, 0.1) is 5.41 Å². The van der Waals surface area contributed by atoms with E-state index in [1.807, 2.05) is 12.2 Å². The molecular formula is C18H24ClNO4S. The molecule has 1 fully saturated rings. The third-order valence-electron chi connectivity index (χ3n) is 4.67. The Morgan fingerprint density at radius 3 is 2.44 bits per heavy atom. The van der Waals surface area contributed by atoms with Gasteiger partial charge >= 0.3 is 5.97 Å². The van der Waals surface area contributed by atoms with Crippen molar-refractivity contribution >= 4 is 27.6 Å². The molecule has 0 amide bonds. The summed E-state index contributed by atoms with van der Waals surface area (Å²) in [4.78, 5) is 10.7. The fourth-order valence-corrected chi connectivity index (χ4v) is 4.46. The fraction of sp³-hybridized carbons (Fsp3) is 0.500. The van der Waals surface area contributed by atoms with Crippen molar-refractivity contribution in [2.24, 2.45) is 5.41 Å². The minimum Gasteiger partial charge on any atom is -0.481 e. The van der Waals surface area contributed by atoms with E-state index >= 15 is 0 Å². The standard InChI is InChI=1S/C18H24ClNO4S/c19-15-7-9-16(10-8-15)25(23,24)20-14-18(12-4-5-13-18)11-3-1-2-6-17(21)22/h1,3,7-10,20H,2,4-6,11-14H2,(H,21,22). The van der Waals surface area contributed by atoms with E-state index in [0.29, 0.717) is 18.0 Å². The summed E-state index contributed by atoms with van der Waals surface area (Å²) >= 11 is 5.81. The van der Waals surface area contributed by atoms with Crippen LogP contribution in [0.2, 0.25) is 5.02 Å². The fourth-order valence-electron chi connectivity index (χ4n) is 3.18. The number of aliphatic carboxylic acids is 1. The Hall–Kier alpha value is -1.37. The average molecular weight is 386 g/mol. The quantitative estimate of drug-likeness (QED) is 0.629. The molecule has 138 valence electrons.